The second-order valence-corrected chi connectivity index (χ2v) is 9.54. The summed E-state index contributed by atoms with van der Waals surface area (Å²) in [5, 5.41) is 7.47. The van der Waals surface area contributed by atoms with E-state index in [1.54, 1.807) is 60.7 Å². The molecule has 1 amide bonds. The van der Waals surface area contributed by atoms with Gasteiger partial charge >= 0.3 is 5.63 Å². The van der Waals surface area contributed by atoms with E-state index in [2.05, 4.69) is 10.6 Å². The molecule has 0 saturated heterocycles. The normalized spacial score (nSPS) is 10.9. The quantitative estimate of drug-likeness (QED) is 0.170. The zero-order valence-electron chi connectivity index (χ0n) is 18.7. The van der Waals surface area contributed by atoms with E-state index in [1.165, 1.54) is 6.07 Å². The molecule has 2 N–H and O–H groups in total. The van der Waals surface area contributed by atoms with E-state index < -0.39 is 11.5 Å². The average Bonchev–Trinajstić information content (AvgIpc) is 3.36. The van der Waals surface area contributed by atoms with Crippen LogP contribution in [0.25, 0.3) is 33.4 Å². The Hall–Kier alpha value is -3.62. The van der Waals surface area contributed by atoms with Crippen molar-refractivity contribution in [1.82, 2.24) is 5.32 Å². The van der Waals surface area contributed by atoms with Gasteiger partial charge in [0.2, 0.25) is 0 Å². The van der Waals surface area contributed by atoms with Gasteiger partial charge in [-0.15, -0.1) is 0 Å². The molecule has 0 atom stereocenters. The van der Waals surface area contributed by atoms with Gasteiger partial charge in [-0.25, -0.2) is 4.79 Å². The van der Waals surface area contributed by atoms with Crippen molar-refractivity contribution in [2.24, 2.45) is 0 Å². The monoisotopic (exact) mass is 568 g/mol. The first-order valence-electron chi connectivity index (χ1n) is 10.8. The molecule has 0 radical (unpaired) electrons. The van der Waals surface area contributed by atoms with E-state index >= 15 is 0 Å². The fraction of sp³-hybridized carbons (Fsp3) is 0. The highest BCUT2D eigenvalue weighted by Gasteiger charge is 2.16. The molecule has 6 nitrogen and oxygen atoms in total. The van der Waals surface area contributed by atoms with E-state index in [-0.39, 0.29) is 10.9 Å². The summed E-state index contributed by atoms with van der Waals surface area (Å²) in [5.41, 5.74) is 1.90. The summed E-state index contributed by atoms with van der Waals surface area (Å²) in [5.74, 6) is -0.137. The van der Waals surface area contributed by atoms with Crippen molar-refractivity contribution in [3.8, 4) is 22.5 Å². The van der Waals surface area contributed by atoms with Gasteiger partial charge in [-0.05, 0) is 66.8 Å². The van der Waals surface area contributed by atoms with E-state index in [9.17, 15) is 9.59 Å². The minimum absolute atomic E-state index is 0.0257. The number of hydrogen-bond donors (Lipinski definition) is 2. The van der Waals surface area contributed by atoms with Crippen LogP contribution >= 0.6 is 47.0 Å². The molecule has 2 aromatic heterocycles. The van der Waals surface area contributed by atoms with Gasteiger partial charge in [0.15, 0.2) is 10.9 Å². The third-order valence-corrected chi connectivity index (χ3v) is 6.49. The lowest BCUT2D eigenvalue weighted by atomic mass is 10.1. The number of nitrogens with one attached hydrogen (secondary N) is 2. The minimum atomic E-state index is -0.557. The van der Waals surface area contributed by atoms with Crippen LogP contribution < -0.4 is 16.3 Å². The van der Waals surface area contributed by atoms with Crippen molar-refractivity contribution in [2.45, 2.75) is 0 Å². The van der Waals surface area contributed by atoms with Gasteiger partial charge in [-0.3, -0.25) is 10.1 Å². The first-order chi connectivity index (χ1) is 17.8. The molecule has 0 spiro atoms. The van der Waals surface area contributed by atoms with Crippen molar-refractivity contribution in [2.75, 3.05) is 5.32 Å². The number of carbonyl (C=O) groups excluding carboxylic acids is 1. The van der Waals surface area contributed by atoms with Gasteiger partial charge in [-0.2, -0.15) is 0 Å². The van der Waals surface area contributed by atoms with Crippen LogP contribution in [0.5, 0.6) is 0 Å². The summed E-state index contributed by atoms with van der Waals surface area (Å²) in [6.07, 6.45) is 0. The summed E-state index contributed by atoms with van der Waals surface area (Å²) in [6.45, 7) is 0. The van der Waals surface area contributed by atoms with E-state index in [4.69, 9.17) is 55.9 Å². The lowest BCUT2D eigenvalue weighted by molar-refractivity contribution is 0.0951. The van der Waals surface area contributed by atoms with E-state index in [0.717, 1.165) is 5.39 Å². The Bertz CT molecular complexity index is 1750. The molecular formula is C27H15Cl3N2O4S. The number of halogens is 3. The Morgan fingerprint density at radius 2 is 1.59 bits per heavy atom. The zero-order chi connectivity index (χ0) is 26.1. The van der Waals surface area contributed by atoms with Crippen LogP contribution in [-0.4, -0.2) is 11.0 Å². The molecule has 5 rings (SSSR count). The van der Waals surface area contributed by atoms with Crippen LogP contribution in [-0.2, 0) is 0 Å². The Kier molecular flexibility index (Phi) is 7.04. The lowest BCUT2D eigenvalue weighted by Gasteiger charge is -2.11. The highest BCUT2D eigenvalue weighted by Crippen LogP contribution is 2.32. The fourth-order valence-electron chi connectivity index (χ4n) is 3.68. The molecule has 0 unspecified atom stereocenters. The number of furan rings is 1. The van der Waals surface area contributed by atoms with Gasteiger partial charge in [0, 0.05) is 27.2 Å². The molecule has 2 heterocycles. The molecule has 0 fully saturated rings. The lowest BCUT2D eigenvalue weighted by Crippen LogP contribution is -2.33. The van der Waals surface area contributed by atoms with Crippen LogP contribution in [0.1, 0.15) is 10.6 Å². The Morgan fingerprint density at radius 1 is 0.784 bits per heavy atom. The first-order valence-corrected chi connectivity index (χ1v) is 12.3. The molecule has 5 aromatic rings. The van der Waals surface area contributed by atoms with E-state index in [0.29, 0.717) is 48.8 Å². The average molecular weight is 570 g/mol. The molecule has 0 bridgehead atoms. The molecule has 0 aliphatic rings. The fourth-order valence-corrected chi connectivity index (χ4v) is 4.55. The topological polar surface area (TPSA) is 84.5 Å². The van der Waals surface area contributed by atoms with Crippen LogP contribution in [0.15, 0.2) is 92.5 Å². The largest absolute Gasteiger partial charge is 0.451 e. The number of rotatable bonds is 4. The van der Waals surface area contributed by atoms with Crippen molar-refractivity contribution >= 4 is 74.7 Å². The number of thiocarbonyl (C=S) groups is 1. The maximum Gasteiger partial charge on any atom is 0.344 e. The number of hydrogen-bond acceptors (Lipinski definition) is 5. The predicted molar refractivity (Wildman–Crippen MR) is 151 cm³/mol. The standard InChI is InChI=1S/C27H15Cl3N2O4S/c28-15-5-8-20(29)19(12-15)23-9-10-24(35-23)25(33)32-27(37)31-16-6-7-17(21(30)13-16)18-11-14-3-1-2-4-22(14)36-26(18)34/h1-13H,(H2,31,32,33,37). The molecule has 0 saturated carbocycles. The minimum Gasteiger partial charge on any atom is -0.451 e. The first kappa shape index (κ1) is 25.0. The molecule has 37 heavy (non-hydrogen) atoms. The summed E-state index contributed by atoms with van der Waals surface area (Å²) in [6, 6.07) is 22.0. The SMILES string of the molecule is O=C(NC(=S)Nc1ccc(-c2cc3ccccc3oc2=O)c(Cl)c1)c1ccc(-c2cc(Cl)ccc2Cl)o1. The molecule has 10 heteroatoms. The highest BCUT2D eigenvalue weighted by molar-refractivity contribution is 7.80. The summed E-state index contributed by atoms with van der Waals surface area (Å²) < 4.78 is 11.0. The molecular weight excluding hydrogens is 555 g/mol. The summed E-state index contributed by atoms with van der Waals surface area (Å²) in [4.78, 5) is 25.1. The third-order valence-electron chi connectivity index (χ3n) is 5.41. The third kappa shape index (κ3) is 5.40. The van der Waals surface area contributed by atoms with E-state index in [1.807, 2.05) is 12.1 Å². The van der Waals surface area contributed by atoms with Gasteiger partial charge in [0.05, 0.1) is 15.6 Å². The Labute approximate surface area is 230 Å². The van der Waals surface area contributed by atoms with Crippen molar-refractivity contribution < 1.29 is 13.6 Å². The molecule has 0 aliphatic carbocycles. The maximum atomic E-state index is 12.6. The molecule has 0 aliphatic heterocycles. The zero-order valence-corrected chi connectivity index (χ0v) is 21.8. The summed E-state index contributed by atoms with van der Waals surface area (Å²) in [7, 11) is 0. The van der Waals surface area contributed by atoms with Gasteiger partial charge < -0.3 is 14.2 Å². The van der Waals surface area contributed by atoms with Crippen LogP contribution in [0.2, 0.25) is 15.1 Å². The number of amides is 1. The van der Waals surface area contributed by atoms with Gasteiger partial charge in [0.25, 0.3) is 5.91 Å². The Morgan fingerprint density at radius 3 is 2.41 bits per heavy atom. The van der Waals surface area contributed by atoms with Crippen molar-refractivity contribution in [3.63, 3.8) is 0 Å². The highest BCUT2D eigenvalue weighted by atomic mass is 35.5. The second-order valence-electron chi connectivity index (χ2n) is 7.88. The molecule has 184 valence electrons. The van der Waals surface area contributed by atoms with Gasteiger partial charge in [-0.1, -0.05) is 59.1 Å². The number of carbonyl (C=O) groups is 1. The van der Waals surface area contributed by atoms with Gasteiger partial charge in [0.1, 0.15) is 11.3 Å². The summed E-state index contributed by atoms with van der Waals surface area (Å²) >= 11 is 24.0. The second kappa shape index (κ2) is 10.4. The number of para-hydroxylation sites is 1. The number of anilines is 1. The van der Waals surface area contributed by atoms with Crippen LogP contribution in [0.3, 0.4) is 0 Å². The van der Waals surface area contributed by atoms with Crippen LogP contribution in [0, 0.1) is 0 Å². The van der Waals surface area contributed by atoms with Crippen molar-refractivity contribution in [1.29, 1.82) is 0 Å². The smallest absolute Gasteiger partial charge is 0.344 e. The predicted octanol–water partition coefficient (Wildman–Crippen LogP) is 7.81. The van der Waals surface area contributed by atoms with Crippen molar-refractivity contribution in [3.05, 3.63) is 110 Å². The maximum absolute atomic E-state index is 12.6. The number of fused-ring (bicyclic) bond motifs is 1. The molecule has 3 aromatic carbocycles. The number of benzene rings is 3. The Balaban J connectivity index is 1.29. The van der Waals surface area contributed by atoms with Crippen LogP contribution in [0.4, 0.5) is 5.69 Å².